The van der Waals surface area contributed by atoms with E-state index in [2.05, 4.69) is 5.32 Å². The molecule has 0 aromatic heterocycles. The zero-order valence-corrected chi connectivity index (χ0v) is 19.3. The molecule has 0 bridgehead atoms. The number of carbonyl (C=O) groups is 1. The summed E-state index contributed by atoms with van der Waals surface area (Å²) in [5.41, 5.74) is 0.641. The van der Waals surface area contributed by atoms with Crippen LogP contribution in [0, 0.1) is 0 Å². The fourth-order valence-corrected chi connectivity index (χ4v) is 5.15. The number of rotatable bonds is 5. The molecule has 1 N–H and O–H groups in total. The first-order valence-corrected chi connectivity index (χ1v) is 12.2. The van der Waals surface area contributed by atoms with Gasteiger partial charge in [0.1, 0.15) is 4.90 Å². The minimum Gasteiger partial charge on any atom is -0.378 e. The molecule has 0 saturated heterocycles. The fourth-order valence-electron chi connectivity index (χ4n) is 3.86. The van der Waals surface area contributed by atoms with Crippen LogP contribution in [0.2, 0.25) is 5.02 Å². The van der Waals surface area contributed by atoms with E-state index >= 15 is 0 Å². The van der Waals surface area contributed by atoms with Gasteiger partial charge in [-0.15, -0.1) is 0 Å². The highest BCUT2D eigenvalue weighted by atomic mass is 35.5. The summed E-state index contributed by atoms with van der Waals surface area (Å²) in [6.07, 6.45) is 0. The summed E-state index contributed by atoms with van der Waals surface area (Å²) in [6.45, 7) is 0. The molecule has 5 aromatic carbocycles. The van der Waals surface area contributed by atoms with E-state index in [0.29, 0.717) is 21.5 Å². The van der Waals surface area contributed by atoms with Crippen molar-refractivity contribution in [2.24, 2.45) is 0 Å². The molecule has 0 heterocycles. The molecule has 5 nitrogen and oxygen atoms in total. The summed E-state index contributed by atoms with van der Waals surface area (Å²) in [6, 6.07) is 29.2. The van der Waals surface area contributed by atoms with Crippen LogP contribution >= 0.6 is 11.6 Å². The van der Waals surface area contributed by atoms with Crippen molar-refractivity contribution in [3.8, 4) is 5.75 Å². The minimum absolute atomic E-state index is 0.0304. The number of anilines is 1. The third-order valence-corrected chi connectivity index (χ3v) is 6.98. The van der Waals surface area contributed by atoms with Gasteiger partial charge in [0.2, 0.25) is 0 Å². The number of hydrogen-bond donors (Lipinski definition) is 1. The predicted molar refractivity (Wildman–Crippen MR) is 135 cm³/mol. The van der Waals surface area contributed by atoms with Gasteiger partial charge in [-0.05, 0) is 52.6 Å². The quantitative estimate of drug-likeness (QED) is 0.281. The molecule has 0 saturated carbocycles. The van der Waals surface area contributed by atoms with Crippen LogP contribution in [0.1, 0.15) is 10.4 Å². The Hall–Kier alpha value is -3.87. The van der Waals surface area contributed by atoms with E-state index in [4.69, 9.17) is 15.8 Å². The van der Waals surface area contributed by atoms with E-state index < -0.39 is 16.0 Å². The van der Waals surface area contributed by atoms with Crippen molar-refractivity contribution in [3.05, 3.63) is 114 Å². The third-order valence-electron chi connectivity index (χ3n) is 5.44. The van der Waals surface area contributed by atoms with Crippen LogP contribution < -0.4 is 9.50 Å². The molecule has 0 aliphatic carbocycles. The zero-order chi connectivity index (χ0) is 23.7. The van der Waals surface area contributed by atoms with Crippen molar-refractivity contribution in [3.63, 3.8) is 0 Å². The highest BCUT2D eigenvalue weighted by Crippen LogP contribution is 2.33. The number of benzene rings is 5. The minimum atomic E-state index is -4.24. The molecule has 0 aliphatic heterocycles. The smallest absolute Gasteiger partial charge is 0.339 e. The van der Waals surface area contributed by atoms with Gasteiger partial charge >= 0.3 is 10.1 Å². The number of amides is 1. The maximum absolute atomic E-state index is 13.4. The molecular weight excluding hydrogens is 470 g/mol. The SMILES string of the molecule is O=C(Nc1ccc(Cl)cc1)c1c(OS(=O)(=O)c2cccc3ccccc23)ccc2ccccc12. The average Bonchev–Trinajstić information content (AvgIpc) is 2.84. The first-order chi connectivity index (χ1) is 16.4. The summed E-state index contributed by atoms with van der Waals surface area (Å²) in [5.74, 6) is -0.555. The van der Waals surface area contributed by atoms with Gasteiger partial charge < -0.3 is 9.50 Å². The van der Waals surface area contributed by atoms with Crippen molar-refractivity contribution in [1.29, 1.82) is 0 Å². The van der Waals surface area contributed by atoms with E-state index in [0.717, 1.165) is 10.8 Å². The largest absolute Gasteiger partial charge is 0.378 e. The van der Waals surface area contributed by atoms with Gasteiger partial charge in [0.15, 0.2) is 5.75 Å². The molecule has 168 valence electrons. The van der Waals surface area contributed by atoms with Crippen molar-refractivity contribution >= 4 is 54.9 Å². The Bertz CT molecular complexity index is 1640. The lowest BCUT2D eigenvalue weighted by atomic mass is 10.0. The molecule has 7 heteroatoms. The number of fused-ring (bicyclic) bond motifs is 2. The van der Waals surface area contributed by atoms with Gasteiger partial charge in [-0.25, -0.2) is 0 Å². The van der Waals surface area contributed by atoms with Gasteiger partial charge in [0.05, 0.1) is 5.56 Å². The molecule has 0 spiro atoms. The normalized spacial score (nSPS) is 11.4. The molecule has 34 heavy (non-hydrogen) atoms. The van der Waals surface area contributed by atoms with Gasteiger partial charge in [0, 0.05) is 16.1 Å². The van der Waals surface area contributed by atoms with Crippen LogP contribution in [0.4, 0.5) is 5.69 Å². The van der Waals surface area contributed by atoms with Gasteiger partial charge in [0.25, 0.3) is 5.91 Å². The van der Waals surface area contributed by atoms with Crippen LogP contribution in [-0.2, 0) is 10.1 Å². The number of halogens is 1. The number of carbonyl (C=O) groups excluding carboxylic acids is 1. The van der Waals surface area contributed by atoms with Gasteiger partial charge in [-0.1, -0.05) is 78.3 Å². The Morgan fingerprint density at radius 2 is 1.32 bits per heavy atom. The summed E-state index contributed by atoms with van der Waals surface area (Å²) < 4.78 is 32.3. The lowest BCUT2D eigenvalue weighted by Crippen LogP contribution is -2.17. The summed E-state index contributed by atoms with van der Waals surface area (Å²) in [5, 5.41) is 5.99. The zero-order valence-electron chi connectivity index (χ0n) is 17.7. The second-order valence-corrected chi connectivity index (χ2v) is 9.59. The van der Waals surface area contributed by atoms with Crippen molar-refractivity contribution in [2.45, 2.75) is 4.90 Å². The van der Waals surface area contributed by atoms with E-state index in [1.165, 1.54) is 12.1 Å². The maximum atomic E-state index is 13.4. The highest BCUT2D eigenvalue weighted by Gasteiger charge is 2.24. The average molecular weight is 488 g/mol. The standard InChI is InChI=1S/C27H18ClNO4S/c28-20-13-15-21(16-14-20)29-27(30)26-23-10-4-2-7-19(23)12-17-24(26)33-34(31,32)25-11-5-8-18-6-1-3-9-22(18)25/h1-17H,(H,29,30). The van der Waals surface area contributed by atoms with Crippen LogP contribution in [0.15, 0.2) is 108 Å². The lowest BCUT2D eigenvalue weighted by Gasteiger charge is -2.15. The molecule has 0 fully saturated rings. The Labute approximate surface area is 201 Å². The Morgan fingerprint density at radius 1 is 0.706 bits per heavy atom. The second-order valence-electron chi connectivity index (χ2n) is 7.64. The van der Waals surface area contributed by atoms with Crippen molar-refractivity contribution in [2.75, 3.05) is 5.32 Å². The van der Waals surface area contributed by atoms with E-state index in [1.807, 2.05) is 30.3 Å². The van der Waals surface area contributed by atoms with E-state index in [1.54, 1.807) is 60.7 Å². The molecule has 0 atom stereocenters. The van der Waals surface area contributed by atoms with Crippen LogP contribution in [-0.4, -0.2) is 14.3 Å². The number of nitrogens with one attached hydrogen (secondary N) is 1. The molecular formula is C27H18ClNO4S. The van der Waals surface area contributed by atoms with Gasteiger partial charge in [-0.3, -0.25) is 4.79 Å². The summed E-state index contributed by atoms with van der Waals surface area (Å²) >= 11 is 5.94. The summed E-state index contributed by atoms with van der Waals surface area (Å²) in [7, 11) is -4.24. The third kappa shape index (κ3) is 4.21. The Kier molecular flexibility index (Phi) is 5.69. The molecule has 1 amide bonds. The maximum Gasteiger partial charge on any atom is 0.339 e. The number of hydrogen-bond acceptors (Lipinski definition) is 4. The Balaban J connectivity index is 1.61. The molecule has 0 unspecified atom stereocenters. The monoisotopic (exact) mass is 487 g/mol. The first-order valence-electron chi connectivity index (χ1n) is 10.4. The fraction of sp³-hybridized carbons (Fsp3) is 0. The molecule has 5 aromatic rings. The second kappa shape index (κ2) is 8.82. The highest BCUT2D eigenvalue weighted by molar-refractivity contribution is 7.87. The first kappa shape index (κ1) is 21.9. The molecule has 0 aliphatic rings. The topological polar surface area (TPSA) is 72.5 Å². The predicted octanol–water partition coefficient (Wildman–Crippen LogP) is 6.67. The van der Waals surface area contributed by atoms with E-state index in [-0.39, 0.29) is 16.2 Å². The van der Waals surface area contributed by atoms with Crippen molar-refractivity contribution < 1.29 is 17.4 Å². The van der Waals surface area contributed by atoms with E-state index in [9.17, 15) is 13.2 Å². The van der Waals surface area contributed by atoms with Crippen LogP contribution in [0.5, 0.6) is 5.75 Å². The molecule has 0 radical (unpaired) electrons. The molecule has 5 rings (SSSR count). The van der Waals surface area contributed by atoms with Gasteiger partial charge in [-0.2, -0.15) is 8.42 Å². The van der Waals surface area contributed by atoms with Crippen LogP contribution in [0.25, 0.3) is 21.5 Å². The Morgan fingerprint density at radius 3 is 2.06 bits per heavy atom. The van der Waals surface area contributed by atoms with Crippen LogP contribution in [0.3, 0.4) is 0 Å². The van der Waals surface area contributed by atoms with Crippen molar-refractivity contribution in [1.82, 2.24) is 0 Å². The lowest BCUT2D eigenvalue weighted by molar-refractivity contribution is 0.102. The summed E-state index contributed by atoms with van der Waals surface area (Å²) in [4.78, 5) is 13.4.